The molecule has 0 amide bonds. The van der Waals surface area contributed by atoms with E-state index in [-0.39, 0.29) is 0 Å². The van der Waals surface area contributed by atoms with E-state index >= 15 is 0 Å². The molecule has 1 aromatic rings. The van der Waals surface area contributed by atoms with Crippen LogP contribution in [0.1, 0.15) is 25.8 Å². The average Bonchev–Trinajstić information content (AvgIpc) is 2.35. The highest BCUT2D eigenvalue weighted by Crippen LogP contribution is 2.17. The average molecular weight is 266 g/mol. The Bertz CT molecular complexity index is 333. The Kier molecular flexibility index (Phi) is 6.76. The molecule has 2 nitrogen and oxygen atoms in total. The topological polar surface area (TPSA) is 38.0 Å². The molecule has 0 spiro atoms. The fourth-order valence-electron chi connectivity index (χ4n) is 1.93. The zero-order chi connectivity index (χ0) is 13.4. The van der Waals surface area contributed by atoms with Gasteiger partial charge in [0.15, 0.2) is 0 Å². The van der Waals surface area contributed by atoms with Gasteiger partial charge in [-0.25, -0.2) is 0 Å². The van der Waals surface area contributed by atoms with E-state index in [1.54, 1.807) is 11.8 Å². The minimum atomic E-state index is 0.303. The molecule has 0 atom stereocenters. The molecule has 0 aliphatic carbocycles. The summed E-state index contributed by atoms with van der Waals surface area (Å²) in [4.78, 5) is 1.33. The Hall–Kier alpha value is -0.510. The molecule has 1 aromatic carbocycles. The molecule has 0 unspecified atom stereocenters. The Balaban J connectivity index is 2.25. The molecule has 0 radical (unpaired) electrons. The molecular formula is C15H26N2S. The van der Waals surface area contributed by atoms with Crippen LogP contribution in [0.4, 0.5) is 0 Å². The molecule has 102 valence electrons. The first kappa shape index (κ1) is 15.5. The summed E-state index contributed by atoms with van der Waals surface area (Å²) >= 11 is 1.79. The predicted octanol–water partition coefficient (Wildman–Crippen LogP) is 2.92. The summed E-state index contributed by atoms with van der Waals surface area (Å²) in [5, 5.41) is 3.53. The number of benzene rings is 1. The predicted molar refractivity (Wildman–Crippen MR) is 82.2 cm³/mol. The first-order valence-electron chi connectivity index (χ1n) is 6.61. The third-order valence-corrected chi connectivity index (χ3v) is 3.92. The normalized spacial score (nSPS) is 11.8. The van der Waals surface area contributed by atoms with Gasteiger partial charge in [-0.05, 0) is 55.3 Å². The van der Waals surface area contributed by atoms with E-state index in [4.69, 9.17) is 5.73 Å². The Morgan fingerprint density at radius 1 is 1.22 bits per heavy atom. The van der Waals surface area contributed by atoms with Gasteiger partial charge in [-0.15, -0.1) is 11.8 Å². The first-order chi connectivity index (χ1) is 8.57. The van der Waals surface area contributed by atoms with Crippen molar-refractivity contribution in [3.8, 4) is 0 Å². The molecule has 18 heavy (non-hydrogen) atoms. The number of thioether (sulfide) groups is 1. The van der Waals surface area contributed by atoms with E-state index < -0.39 is 0 Å². The zero-order valence-corrected chi connectivity index (χ0v) is 12.6. The maximum Gasteiger partial charge on any atom is 0.00693 e. The summed E-state index contributed by atoms with van der Waals surface area (Å²) < 4.78 is 0. The van der Waals surface area contributed by atoms with Crippen LogP contribution in [0.25, 0.3) is 0 Å². The van der Waals surface area contributed by atoms with Gasteiger partial charge in [0, 0.05) is 11.4 Å². The first-order valence-corrected chi connectivity index (χ1v) is 7.83. The van der Waals surface area contributed by atoms with Gasteiger partial charge < -0.3 is 11.1 Å². The van der Waals surface area contributed by atoms with Crippen LogP contribution in [-0.4, -0.2) is 25.9 Å². The van der Waals surface area contributed by atoms with E-state index in [1.165, 1.54) is 10.5 Å². The molecule has 0 heterocycles. The summed E-state index contributed by atoms with van der Waals surface area (Å²) in [5.74, 6) is 0. The second-order valence-corrected chi connectivity index (χ2v) is 6.36. The van der Waals surface area contributed by atoms with Crippen LogP contribution in [0.3, 0.4) is 0 Å². The highest BCUT2D eigenvalue weighted by atomic mass is 32.2. The van der Waals surface area contributed by atoms with Gasteiger partial charge in [-0.1, -0.05) is 26.0 Å². The number of hydrogen-bond donors (Lipinski definition) is 2. The van der Waals surface area contributed by atoms with E-state index in [0.29, 0.717) is 5.41 Å². The summed E-state index contributed by atoms with van der Waals surface area (Å²) in [7, 11) is 0. The molecule has 0 bridgehead atoms. The fourth-order valence-corrected chi connectivity index (χ4v) is 2.34. The van der Waals surface area contributed by atoms with Crippen LogP contribution >= 0.6 is 11.8 Å². The van der Waals surface area contributed by atoms with E-state index in [9.17, 15) is 0 Å². The highest BCUT2D eigenvalue weighted by molar-refractivity contribution is 7.98. The lowest BCUT2D eigenvalue weighted by Gasteiger charge is -2.24. The smallest absolute Gasteiger partial charge is 0.00693 e. The van der Waals surface area contributed by atoms with Crippen LogP contribution in [0, 0.1) is 5.41 Å². The van der Waals surface area contributed by atoms with Crippen molar-refractivity contribution in [3.05, 3.63) is 29.8 Å². The molecule has 3 heteroatoms. The van der Waals surface area contributed by atoms with Gasteiger partial charge in [0.2, 0.25) is 0 Å². The van der Waals surface area contributed by atoms with Crippen LogP contribution in [0.5, 0.6) is 0 Å². The molecular weight excluding hydrogens is 240 g/mol. The van der Waals surface area contributed by atoms with Crippen molar-refractivity contribution < 1.29 is 0 Å². The minimum Gasteiger partial charge on any atom is -0.330 e. The lowest BCUT2D eigenvalue weighted by atomic mass is 9.89. The third-order valence-electron chi connectivity index (χ3n) is 3.17. The zero-order valence-electron chi connectivity index (χ0n) is 11.8. The molecule has 3 N–H and O–H groups in total. The molecule has 0 saturated carbocycles. The lowest BCUT2D eigenvalue weighted by molar-refractivity contribution is 0.321. The van der Waals surface area contributed by atoms with Gasteiger partial charge in [0.1, 0.15) is 0 Å². The van der Waals surface area contributed by atoms with Crippen molar-refractivity contribution in [1.82, 2.24) is 5.32 Å². The van der Waals surface area contributed by atoms with Gasteiger partial charge in [0.25, 0.3) is 0 Å². The Morgan fingerprint density at radius 2 is 1.89 bits per heavy atom. The molecule has 0 aliphatic heterocycles. The van der Waals surface area contributed by atoms with E-state index in [1.807, 2.05) is 0 Å². The lowest BCUT2D eigenvalue weighted by Crippen LogP contribution is -2.32. The van der Waals surface area contributed by atoms with Crippen LogP contribution in [0.15, 0.2) is 29.2 Å². The number of rotatable bonds is 8. The number of nitrogens with one attached hydrogen (secondary N) is 1. The van der Waals surface area contributed by atoms with Crippen LogP contribution in [0.2, 0.25) is 0 Å². The van der Waals surface area contributed by atoms with Crippen molar-refractivity contribution in [3.63, 3.8) is 0 Å². The summed E-state index contributed by atoms with van der Waals surface area (Å²) in [6.07, 6.45) is 4.27. The minimum absolute atomic E-state index is 0.303. The van der Waals surface area contributed by atoms with Crippen molar-refractivity contribution in [1.29, 1.82) is 0 Å². The summed E-state index contributed by atoms with van der Waals surface area (Å²) in [5.41, 5.74) is 7.31. The van der Waals surface area contributed by atoms with Crippen molar-refractivity contribution in [2.24, 2.45) is 11.1 Å². The maximum absolute atomic E-state index is 5.61. The van der Waals surface area contributed by atoms with Gasteiger partial charge in [-0.2, -0.15) is 0 Å². The van der Waals surface area contributed by atoms with E-state index in [0.717, 1.165) is 32.5 Å². The highest BCUT2D eigenvalue weighted by Gasteiger charge is 2.15. The summed E-state index contributed by atoms with van der Waals surface area (Å²) in [6.45, 7) is 7.37. The van der Waals surface area contributed by atoms with Gasteiger partial charge in [0.05, 0.1) is 0 Å². The Morgan fingerprint density at radius 3 is 2.44 bits per heavy atom. The molecule has 1 rings (SSSR count). The van der Waals surface area contributed by atoms with Gasteiger partial charge >= 0.3 is 0 Å². The van der Waals surface area contributed by atoms with Crippen molar-refractivity contribution in [2.75, 3.05) is 25.9 Å². The Labute approximate surface area is 116 Å². The van der Waals surface area contributed by atoms with Crippen molar-refractivity contribution in [2.45, 2.75) is 31.6 Å². The number of hydrogen-bond acceptors (Lipinski definition) is 3. The monoisotopic (exact) mass is 266 g/mol. The van der Waals surface area contributed by atoms with Gasteiger partial charge in [-0.3, -0.25) is 0 Å². The van der Waals surface area contributed by atoms with Crippen LogP contribution in [-0.2, 0) is 6.42 Å². The van der Waals surface area contributed by atoms with Crippen LogP contribution < -0.4 is 11.1 Å². The molecule has 0 fully saturated rings. The third kappa shape index (κ3) is 5.89. The second kappa shape index (κ2) is 7.82. The fraction of sp³-hybridized carbons (Fsp3) is 0.600. The molecule has 0 saturated heterocycles. The number of nitrogens with two attached hydrogens (primary N) is 1. The molecule has 0 aromatic heterocycles. The largest absolute Gasteiger partial charge is 0.330 e. The van der Waals surface area contributed by atoms with E-state index in [2.05, 4.69) is 49.7 Å². The molecule has 0 aliphatic rings. The van der Waals surface area contributed by atoms with Crippen molar-refractivity contribution >= 4 is 11.8 Å². The SMILES string of the molecule is CSc1ccc(CCNCC(C)(C)CCN)cc1. The summed E-state index contributed by atoms with van der Waals surface area (Å²) in [6, 6.07) is 8.83. The quantitative estimate of drug-likeness (QED) is 0.561. The standard InChI is InChI=1S/C15H26N2S/c1-15(2,9-10-16)12-17-11-8-13-4-6-14(18-3)7-5-13/h4-7,17H,8-12,16H2,1-3H3. The maximum atomic E-state index is 5.61. The second-order valence-electron chi connectivity index (χ2n) is 5.48.